The molecule has 3 atom stereocenters. The Morgan fingerprint density at radius 1 is 1.15 bits per heavy atom. The maximum absolute atomic E-state index is 13.0. The second-order valence-corrected chi connectivity index (χ2v) is 9.66. The maximum atomic E-state index is 13.0. The molecule has 4 rings (SSSR count). The van der Waals surface area contributed by atoms with Crippen LogP contribution in [0.2, 0.25) is 0 Å². The Kier molecular flexibility index (Phi) is 8.51. The zero-order chi connectivity index (χ0) is 23.8. The van der Waals surface area contributed by atoms with E-state index in [2.05, 4.69) is 45.2 Å². The number of hydrogen-bond acceptors (Lipinski definition) is 6. The van der Waals surface area contributed by atoms with E-state index in [1.807, 2.05) is 42.6 Å². The van der Waals surface area contributed by atoms with Crippen LogP contribution in [0, 0.1) is 0 Å². The van der Waals surface area contributed by atoms with Crippen LogP contribution in [-0.4, -0.2) is 53.8 Å². The second kappa shape index (κ2) is 12.0. The van der Waals surface area contributed by atoms with E-state index in [1.54, 1.807) is 11.8 Å². The van der Waals surface area contributed by atoms with Gasteiger partial charge < -0.3 is 21.7 Å². The highest BCUT2D eigenvalue weighted by Gasteiger charge is 2.31. The minimum Gasteiger partial charge on any atom is -0.351 e. The third-order valence-electron chi connectivity index (χ3n) is 5.99. The van der Waals surface area contributed by atoms with Crippen LogP contribution < -0.4 is 21.7 Å². The summed E-state index contributed by atoms with van der Waals surface area (Å²) in [5.74, 6) is 0.521. The van der Waals surface area contributed by atoms with E-state index in [9.17, 15) is 9.59 Å². The monoisotopic (exact) mass is 477 g/mol. The van der Waals surface area contributed by atoms with Crippen LogP contribution in [0.5, 0.6) is 0 Å². The average Bonchev–Trinajstić information content (AvgIpc) is 3.34. The zero-order valence-corrected chi connectivity index (χ0v) is 19.9. The van der Waals surface area contributed by atoms with Gasteiger partial charge in [-0.15, -0.1) is 11.8 Å². The highest BCUT2D eigenvalue weighted by Crippen LogP contribution is 2.23. The number of benzene rings is 2. The summed E-state index contributed by atoms with van der Waals surface area (Å²) in [6.07, 6.45) is 4.18. The van der Waals surface area contributed by atoms with Gasteiger partial charge in [0.05, 0.1) is 18.1 Å². The third-order valence-corrected chi connectivity index (χ3v) is 7.11. The molecule has 0 spiro atoms. The van der Waals surface area contributed by atoms with Crippen LogP contribution in [-0.2, 0) is 16.0 Å². The van der Waals surface area contributed by atoms with Crippen molar-refractivity contribution in [3.8, 4) is 0 Å². The number of nitrogens with one attached hydrogen (secondary N) is 3. The van der Waals surface area contributed by atoms with Crippen LogP contribution in [0.3, 0.4) is 0 Å². The lowest BCUT2D eigenvalue weighted by molar-refractivity contribution is -0.124. The number of carbonyl (C=O) groups excluding carboxylic acids is 2. The zero-order valence-electron chi connectivity index (χ0n) is 19.1. The van der Waals surface area contributed by atoms with Gasteiger partial charge >= 0.3 is 0 Å². The molecule has 1 saturated heterocycles. The SMILES string of the molecule is NCC(=O)N[C@H]1CN[C@H](C(=O)N[C@H](CCc2ccccc2)CSc2cnc3ccccc3c2)C1. The summed E-state index contributed by atoms with van der Waals surface area (Å²) in [5, 5.41) is 10.4. The van der Waals surface area contributed by atoms with Gasteiger partial charge in [-0.3, -0.25) is 14.6 Å². The van der Waals surface area contributed by atoms with Gasteiger partial charge in [0.15, 0.2) is 0 Å². The summed E-state index contributed by atoms with van der Waals surface area (Å²) >= 11 is 1.71. The average molecular weight is 478 g/mol. The minimum atomic E-state index is -0.324. The molecule has 8 heteroatoms. The molecule has 1 aromatic heterocycles. The number of hydrogen-bond donors (Lipinski definition) is 4. The van der Waals surface area contributed by atoms with Gasteiger partial charge in [-0.2, -0.15) is 0 Å². The molecule has 1 aliphatic heterocycles. The number of aromatic nitrogens is 1. The van der Waals surface area contributed by atoms with Gasteiger partial charge in [0.2, 0.25) is 11.8 Å². The molecule has 1 fully saturated rings. The van der Waals surface area contributed by atoms with Crippen molar-refractivity contribution in [2.24, 2.45) is 5.73 Å². The Morgan fingerprint density at radius 3 is 2.76 bits per heavy atom. The maximum Gasteiger partial charge on any atom is 0.237 e. The highest BCUT2D eigenvalue weighted by atomic mass is 32.2. The van der Waals surface area contributed by atoms with Crippen molar-refractivity contribution in [2.45, 2.75) is 42.3 Å². The molecule has 178 valence electrons. The van der Waals surface area contributed by atoms with Crippen molar-refractivity contribution < 1.29 is 9.59 Å². The molecule has 5 N–H and O–H groups in total. The molecule has 0 bridgehead atoms. The molecule has 3 aromatic rings. The van der Waals surface area contributed by atoms with Crippen molar-refractivity contribution in [1.82, 2.24) is 20.9 Å². The fourth-order valence-electron chi connectivity index (χ4n) is 4.14. The van der Waals surface area contributed by atoms with E-state index < -0.39 is 0 Å². The van der Waals surface area contributed by atoms with E-state index in [4.69, 9.17) is 5.73 Å². The number of nitrogens with zero attached hydrogens (tertiary/aromatic N) is 1. The van der Waals surface area contributed by atoms with Gasteiger partial charge in [-0.25, -0.2) is 0 Å². The van der Waals surface area contributed by atoms with Crippen LogP contribution in [0.15, 0.2) is 71.8 Å². The van der Waals surface area contributed by atoms with Crippen LogP contribution in [0.4, 0.5) is 0 Å². The summed E-state index contributed by atoms with van der Waals surface area (Å²) in [6, 6.07) is 20.1. The largest absolute Gasteiger partial charge is 0.351 e. The Bertz CT molecular complexity index is 1110. The molecule has 1 aliphatic rings. The molecule has 2 heterocycles. The number of fused-ring (bicyclic) bond motifs is 1. The standard InChI is InChI=1S/C26H31N5O2S/c27-14-25(32)30-21-13-24(28-15-21)26(33)31-20(11-10-18-6-2-1-3-7-18)17-34-22-12-19-8-4-5-9-23(19)29-16-22/h1-9,12,16,20-21,24,28H,10-11,13-15,17,27H2,(H,30,32)(H,31,33)/t20-,21-,24+/m1/s1. The molecule has 2 amide bonds. The van der Waals surface area contributed by atoms with Gasteiger partial charge in [-0.05, 0) is 37.0 Å². The predicted octanol–water partition coefficient (Wildman–Crippen LogP) is 2.25. The molecule has 0 radical (unpaired) electrons. The summed E-state index contributed by atoms with van der Waals surface area (Å²) in [4.78, 5) is 30.2. The van der Waals surface area contributed by atoms with E-state index >= 15 is 0 Å². The summed E-state index contributed by atoms with van der Waals surface area (Å²) in [7, 11) is 0. The molecule has 7 nitrogen and oxygen atoms in total. The first kappa shape index (κ1) is 24.2. The Labute approximate surface area is 204 Å². The number of rotatable bonds is 10. The molecule has 34 heavy (non-hydrogen) atoms. The topological polar surface area (TPSA) is 109 Å². The third kappa shape index (κ3) is 6.79. The number of para-hydroxylation sites is 1. The van der Waals surface area contributed by atoms with Crippen molar-refractivity contribution in [1.29, 1.82) is 0 Å². The predicted molar refractivity (Wildman–Crippen MR) is 137 cm³/mol. The molecule has 0 unspecified atom stereocenters. The smallest absolute Gasteiger partial charge is 0.237 e. The Morgan fingerprint density at radius 2 is 1.94 bits per heavy atom. The van der Waals surface area contributed by atoms with E-state index in [1.165, 1.54) is 5.56 Å². The summed E-state index contributed by atoms with van der Waals surface area (Å²) in [5.41, 5.74) is 7.61. The quantitative estimate of drug-likeness (QED) is 0.334. The number of amides is 2. The van der Waals surface area contributed by atoms with E-state index in [0.29, 0.717) is 13.0 Å². The normalized spacial score (nSPS) is 18.5. The van der Waals surface area contributed by atoms with Crippen molar-refractivity contribution >= 4 is 34.5 Å². The van der Waals surface area contributed by atoms with Crippen LogP contribution >= 0.6 is 11.8 Å². The molecular formula is C26H31N5O2S. The first-order chi connectivity index (χ1) is 16.6. The number of carbonyl (C=O) groups is 2. The lowest BCUT2D eigenvalue weighted by Gasteiger charge is -2.21. The highest BCUT2D eigenvalue weighted by molar-refractivity contribution is 7.99. The van der Waals surface area contributed by atoms with Gasteiger partial charge in [0.25, 0.3) is 0 Å². The Balaban J connectivity index is 1.37. The van der Waals surface area contributed by atoms with Crippen LogP contribution in [0.1, 0.15) is 18.4 Å². The number of nitrogens with two attached hydrogens (primary N) is 1. The molecule has 0 aliphatic carbocycles. The minimum absolute atomic E-state index is 0.00339. The second-order valence-electron chi connectivity index (χ2n) is 8.57. The summed E-state index contributed by atoms with van der Waals surface area (Å²) < 4.78 is 0. The van der Waals surface area contributed by atoms with Crippen molar-refractivity contribution in [3.63, 3.8) is 0 Å². The van der Waals surface area contributed by atoms with Gasteiger partial charge in [0.1, 0.15) is 0 Å². The van der Waals surface area contributed by atoms with Crippen molar-refractivity contribution in [3.05, 3.63) is 72.4 Å². The van der Waals surface area contributed by atoms with E-state index in [-0.39, 0.29) is 36.5 Å². The Hall–Kier alpha value is -2.94. The van der Waals surface area contributed by atoms with E-state index in [0.717, 1.165) is 34.4 Å². The first-order valence-corrected chi connectivity index (χ1v) is 12.6. The van der Waals surface area contributed by atoms with Gasteiger partial charge in [0, 0.05) is 40.9 Å². The van der Waals surface area contributed by atoms with Crippen molar-refractivity contribution in [2.75, 3.05) is 18.8 Å². The lowest BCUT2D eigenvalue weighted by atomic mass is 10.1. The number of aryl methyl sites for hydroxylation is 1. The molecular weight excluding hydrogens is 446 g/mol. The fraction of sp³-hybridized carbons (Fsp3) is 0.346. The van der Waals surface area contributed by atoms with Gasteiger partial charge in [-0.1, -0.05) is 48.5 Å². The molecule has 0 saturated carbocycles. The fourth-order valence-corrected chi connectivity index (χ4v) is 5.12. The number of thioether (sulfide) groups is 1. The number of pyridine rings is 1. The summed E-state index contributed by atoms with van der Waals surface area (Å²) in [6.45, 7) is 0.520. The van der Waals surface area contributed by atoms with Crippen LogP contribution in [0.25, 0.3) is 10.9 Å². The lowest BCUT2D eigenvalue weighted by Crippen LogP contribution is -2.46. The first-order valence-electron chi connectivity index (χ1n) is 11.7. The molecule has 2 aromatic carbocycles.